The average Bonchev–Trinajstić information content (AvgIpc) is 3.69. The van der Waals surface area contributed by atoms with Crippen LogP contribution in [0.4, 0.5) is 19.1 Å². The van der Waals surface area contributed by atoms with Crippen LogP contribution in [0.1, 0.15) is 43.6 Å². The molecule has 1 amide bonds. The Morgan fingerprint density at radius 2 is 1.88 bits per heavy atom. The lowest BCUT2D eigenvalue weighted by Gasteiger charge is -2.34. The maximum atomic E-state index is 13.2. The molecule has 2 aliphatic heterocycles. The van der Waals surface area contributed by atoms with Crippen LogP contribution < -0.4 is 10.1 Å². The van der Waals surface area contributed by atoms with Gasteiger partial charge in [-0.2, -0.15) is 18.2 Å². The van der Waals surface area contributed by atoms with Crippen molar-refractivity contribution in [2.75, 3.05) is 30.0 Å². The molecule has 226 valence electrons. The van der Waals surface area contributed by atoms with Gasteiger partial charge in [0.2, 0.25) is 17.7 Å². The zero-order valence-electron chi connectivity index (χ0n) is 22.7. The predicted octanol–water partition coefficient (Wildman–Crippen LogP) is 2.70. The van der Waals surface area contributed by atoms with Crippen molar-refractivity contribution >= 4 is 21.7 Å². The fraction of sp³-hybridized carbons (Fsp3) is 0.577. The van der Waals surface area contributed by atoms with Crippen molar-refractivity contribution in [1.82, 2.24) is 34.0 Å². The summed E-state index contributed by atoms with van der Waals surface area (Å²) in [5, 5.41) is 3.35. The van der Waals surface area contributed by atoms with E-state index in [2.05, 4.69) is 25.3 Å². The number of hydrogen-bond donors (Lipinski definition) is 1. The molecule has 12 nitrogen and oxygen atoms in total. The molecular formula is C26H31F3N8O4S. The number of nitrogens with zero attached hydrogens (tertiary/aromatic N) is 7. The first-order valence-electron chi connectivity index (χ1n) is 13.9. The van der Waals surface area contributed by atoms with Gasteiger partial charge in [-0.15, -0.1) is 0 Å². The van der Waals surface area contributed by atoms with E-state index in [0.29, 0.717) is 56.6 Å². The van der Waals surface area contributed by atoms with E-state index < -0.39 is 21.7 Å². The van der Waals surface area contributed by atoms with E-state index in [4.69, 9.17) is 4.74 Å². The third-order valence-corrected chi connectivity index (χ3v) is 9.91. The summed E-state index contributed by atoms with van der Waals surface area (Å²) in [6, 6.07) is 1.81. The summed E-state index contributed by atoms with van der Waals surface area (Å²) >= 11 is 0. The number of aromatic nitrogens is 6. The molecule has 0 radical (unpaired) electrons. The number of carbonyl (C=O) groups excluding carboxylic acids is 1. The first kappa shape index (κ1) is 28.4. The van der Waals surface area contributed by atoms with Gasteiger partial charge in [0.25, 0.3) is 0 Å². The van der Waals surface area contributed by atoms with E-state index in [0.717, 1.165) is 19.0 Å². The second-order valence-corrected chi connectivity index (χ2v) is 13.4. The van der Waals surface area contributed by atoms with Crippen molar-refractivity contribution in [2.24, 2.45) is 11.8 Å². The van der Waals surface area contributed by atoms with Crippen molar-refractivity contribution in [2.45, 2.75) is 57.4 Å². The summed E-state index contributed by atoms with van der Waals surface area (Å²) in [5.74, 6) is 1.75. The highest BCUT2D eigenvalue weighted by Gasteiger charge is 2.37. The highest BCUT2D eigenvalue weighted by Crippen LogP contribution is 2.31. The predicted molar refractivity (Wildman–Crippen MR) is 143 cm³/mol. The Labute approximate surface area is 240 Å². The van der Waals surface area contributed by atoms with Crippen LogP contribution in [-0.2, 0) is 33.9 Å². The lowest BCUT2D eigenvalue weighted by molar-refractivity contribution is -0.141. The van der Waals surface area contributed by atoms with Gasteiger partial charge in [-0.3, -0.25) is 9.36 Å². The van der Waals surface area contributed by atoms with Crippen LogP contribution in [0.3, 0.4) is 0 Å². The SMILES string of the molecule is O=C(C1CCC(Nc2nccc(-n3cnc(OCC4CCS(=O)(=O)C4)c3)n2)CC1)N1CCn2cc(C(F)(F)F)nc2C1. The van der Waals surface area contributed by atoms with Gasteiger partial charge in [0.05, 0.1) is 30.9 Å². The van der Waals surface area contributed by atoms with Gasteiger partial charge in [0, 0.05) is 43.4 Å². The minimum Gasteiger partial charge on any atom is -0.476 e. The third-order valence-electron chi connectivity index (χ3n) is 8.07. The van der Waals surface area contributed by atoms with Crippen LogP contribution in [0.25, 0.3) is 5.82 Å². The molecule has 0 bridgehead atoms. The minimum absolute atomic E-state index is 0.0314. The van der Waals surface area contributed by atoms with Gasteiger partial charge >= 0.3 is 6.18 Å². The maximum absolute atomic E-state index is 13.2. The topological polar surface area (TPSA) is 137 Å². The highest BCUT2D eigenvalue weighted by atomic mass is 32.2. The fourth-order valence-corrected chi connectivity index (χ4v) is 7.62. The number of imidazole rings is 2. The van der Waals surface area contributed by atoms with Crippen molar-refractivity contribution in [3.05, 3.63) is 42.5 Å². The van der Waals surface area contributed by atoms with Crippen molar-refractivity contribution in [3.8, 4) is 11.7 Å². The van der Waals surface area contributed by atoms with E-state index in [1.165, 1.54) is 4.57 Å². The summed E-state index contributed by atoms with van der Waals surface area (Å²) < 4.78 is 71.2. The first-order chi connectivity index (χ1) is 20.0. The summed E-state index contributed by atoms with van der Waals surface area (Å²) in [5.41, 5.74) is -0.926. The highest BCUT2D eigenvalue weighted by molar-refractivity contribution is 7.91. The molecule has 1 aliphatic carbocycles. The van der Waals surface area contributed by atoms with Crippen LogP contribution in [0.2, 0.25) is 0 Å². The summed E-state index contributed by atoms with van der Waals surface area (Å²) in [7, 11) is -2.96. The quantitative estimate of drug-likeness (QED) is 0.429. The monoisotopic (exact) mass is 608 g/mol. The molecule has 1 unspecified atom stereocenters. The number of halogens is 3. The number of sulfone groups is 1. The molecule has 6 rings (SSSR count). The van der Waals surface area contributed by atoms with E-state index >= 15 is 0 Å². The van der Waals surface area contributed by atoms with Crippen molar-refractivity contribution in [3.63, 3.8) is 0 Å². The number of nitrogens with one attached hydrogen (secondary N) is 1. The molecule has 1 atom stereocenters. The fourth-order valence-electron chi connectivity index (χ4n) is 5.78. The molecule has 3 aromatic heterocycles. The Kier molecular flexibility index (Phi) is 7.57. The molecule has 16 heteroatoms. The number of rotatable bonds is 7. The summed E-state index contributed by atoms with van der Waals surface area (Å²) in [4.78, 5) is 31.6. The average molecular weight is 609 g/mol. The van der Waals surface area contributed by atoms with Gasteiger partial charge in [0.1, 0.15) is 18.0 Å². The number of alkyl halides is 3. The number of amides is 1. The van der Waals surface area contributed by atoms with Gasteiger partial charge in [-0.1, -0.05) is 0 Å². The largest absolute Gasteiger partial charge is 0.476 e. The van der Waals surface area contributed by atoms with Crippen LogP contribution in [0, 0.1) is 11.8 Å². The Hall–Kier alpha value is -3.69. The van der Waals surface area contributed by atoms with Gasteiger partial charge < -0.3 is 19.5 Å². The zero-order chi connectivity index (χ0) is 29.5. The molecule has 3 aromatic rings. The molecular weight excluding hydrogens is 577 g/mol. The van der Waals surface area contributed by atoms with E-state index in [1.54, 1.807) is 34.3 Å². The number of anilines is 1. The van der Waals surface area contributed by atoms with E-state index in [-0.39, 0.29) is 47.7 Å². The molecule has 0 aromatic carbocycles. The van der Waals surface area contributed by atoms with Crippen LogP contribution in [-0.4, -0.2) is 79.0 Å². The lowest BCUT2D eigenvalue weighted by atomic mass is 9.85. The molecule has 0 spiro atoms. The number of ether oxygens (including phenoxy) is 1. The molecule has 3 aliphatic rings. The van der Waals surface area contributed by atoms with E-state index in [1.807, 2.05) is 0 Å². The van der Waals surface area contributed by atoms with Gasteiger partial charge in [0.15, 0.2) is 15.5 Å². The lowest BCUT2D eigenvalue weighted by Crippen LogP contribution is -2.43. The molecule has 2 fully saturated rings. The number of fused-ring (bicyclic) bond motifs is 1. The normalized spacial score (nSPS) is 23.9. The molecule has 5 heterocycles. The van der Waals surface area contributed by atoms with Crippen LogP contribution >= 0.6 is 0 Å². The van der Waals surface area contributed by atoms with Crippen LogP contribution in [0.15, 0.2) is 31.0 Å². The standard InChI is InChI=1S/C26H31F3N8O4S/c27-26(28,29)20-11-35-8-9-36(12-22(35)33-20)24(38)18-1-3-19(4-2-18)32-25-30-7-5-21(34-25)37-13-23(31-16-37)41-14-17-6-10-42(39,40)15-17/h5,7,11,13,16-19H,1-4,6,8-10,12,14-15H2,(H,30,32,34). The van der Waals surface area contributed by atoms with Crippen LogP contribution in [0.5, 0.6) is 5.88 Å². The molecule has 1 N–H and O–H groups in total. The Morgan fingerprint density at radius 1 is 1.07 bits per heavy atom. The maximum Gasteiger partial charge on any atom is 0.434 e. The Balaban J connectivity index is 0.993. The second kappa shape index (κ2) is 11.2. The second-order valence-electron chi connectivity index (χ2n) is 11.1. The smallest absolute Gasteiger partial charge is 0.434 e. The number of carbonyl (C=O) groups is 1. The first-order valence-corrected chi connectivity index (χ1v) is 15.7. The summed E-state index contributed by atoms with van der Waals surface area (Å²) in [6.45, 7) is 1.03. The van der Waals surface area contributed by atoms with E-state index in [9.17, 15) is 26.4 Å². The zero-order valence-corrected chi connectivity index (χ0v) is 23.5. The van der Waals surface area contributed by atoms with Crippen molar-refractivity contribution < 1.29 is 31.1 Å². The number of hydrogen-bond acceptors (Lipinski definition) is 9. The molecule has 1 saturated heterocycles. The minimum atomic E-state index is -4.51. The third kappa shape index (κ3) is 6.37. The Morgan fingerprint density at radius 3 is 2.62 bits per heavy atom. The van der Waals surface area contributed by atoms with Gasteiger partial charge in [-0.25, -0.2) is 23.4 Å². The Bertz CT molecular complexity index is 1550. The van der Waals surface area contributed by atoms with Gasteiger partial charge in [-0.05, 0) is 38.2 Å². The molecule has 1 saturated carbocycles. The summed E-state index contributed by atoms with van der Waals surface area (Å²) in [6.07, 6.45) is 4.74. The molecule has 42 heavy (non-hydrogen) atoms. The van der Waals surface area contributed by atoms with Crippen molar-refractivity contribution in [1.29, 1.82) is 0 Å².